The molecule has 1 heterocycles. The molecule has 0 radical (unpaired) electrons. The number of halogens is 1. The second kappa shape index (κ2) is 7.48. The van der Waals surface area contributed by atoms with E-state index in [1.807, 2.05) is 36.4 Å². The van der Waals surface area contributed by atoms with Gasteiger partial charge in [-0.3, -0.25) is 0 Å². The van der Waals surface area contributed by atoms with E-state index in [4.69, 9.17) is 11.6 Å². The van der Waals surface area contributed by atoms with Crippen molar-refractivity contribution in [3.8, 4) is 0 Å². The fourth-order valence-electron chi connectivity index (χ4n) is 3.45. The Hall–Kier alpha value is -1.36. The molecule has 0 amide bonds. The lowest BCUT2D eigenvalue weighted by atomic mass is 10.0. The highest BCUT2D eigenvalue weighted by Crippen LogP contribution is 2.36. The van der Waals surface area contributed by atoms with Crippen LogP contribution in [0.5, 0.6) is 0 Å². The Labute approximate surface area is 155 Å². The van der Waals surface area contributed by atoms with Crippen LogP contribution in [0.1, 0.15) is 43.9 Å². The van der Waals surface area contributed by atoms with E-state index in [1.165, 1.54) is 5.56 Å². The zero-order chi connectivity index (χ0) is 18.0. The fraction of sp³-hybridized carbons (Fsp3) is 0.400. The van der Waals surface area contributed by atoms with Crippen molar-refractivity contribution in [1.82, 2.24) is 4.31 Å². The largest absolute Gasteiger partial charge is 0.243 e. The molecule has 1 atom stereocenters. The van der Waals surface area contributed by atoms with Gasteiger partial charge in [0, 0.05) is 11.6 Å². The molecule has 134 valence electrons. The Kier molecular flexibility index (Phi) is 5.52. The average Bonchev–Trinajstić information content (AvgIpc) is 3.06. The minimum Gasteiger partial charge on any atom is -0.207 e. The molecule has 1 aliphatic heterocycles. The molecule has 0 aromatic heterocycles. The summed E-state index contributed by atoms with van der Waals surface area (Å²) in [6.45, 7) is 4.88. The SMILES string of the molecule is CC(C)Cc1ccc(S(=O)(=O)N2CCCC2c2ccc(Cl)cc2)cc1. The molecule has 5 heteroatoms. The van der Waals surface area contributed by atoms with Crippen molar-refractivity contribution >= 4 is 21.6 Å². The summed E-state index contributed by atoms with van der Waals surface area (Å²) in [5.74, 6) is 0.551. The van der Waals surface area contributed by atoms with Gasteiger partial charge in [0.15, 0.2) is 0 Å². The third-order valence-electron chi connectivity index (χ3n) is 4.63. The highest BCUT2D eigenvalue weighted by Gasteiger charge is 2.36. The van der Waals surface area contributed by atoms with E-state index >= 15 is 0 Å². The normalized spacial score (nSPS) is 18.8. The summed E-state index contributed by atoms with van der Waals surface area (Å²) in [6, 6.07) is 14.7. The van der Waals surface area contributed by atoms with Crippen LogP contribution in [0, 0.1) is 5.92 Å². The van der Waals surface area contributed by atoms with Crippen LogP contribution >= 0.6 is 11.6 Å². The zero-order valence-electron chi connectivity index (χ0n) is 14.7. The Bertz CT molecular complexity index is 814. The number of nitrogens with zero attached hydrogens (tertiary/aromatic N) is 1. The molecule has 2 aromatic rings. The van der Waals surface area contributed by atoms with Gasteiger partial charge in [-0.05, 0) is 60.6 Å². The molecule has 1 saturated heterocycles. The van der Waals surface area contributed by atoms with Crippen molar-refractivity contribution in [2.24, 2.45) is 5.92 Å². The number of hydrogen-bond acceptors (Lipinski definition) is 2. The van der Waals surface area contributed by atoms with Crippen molar-refractivity contribution < 1.29 is 8.42 Å². The maximum Gasteiger partial charge on any atom is 0.243 e. The van der Waals surface area contributed by atoms with Gasteiger partial charge in [-0.25, -0.2) is 8.42 Å². The monoisotopic (exact) mass is 377 g/mol. The van der Waals surface area contributed by atoms with E-state index in [2.05, 4.69) is 13.8 Å². The van der Waals surface area contributed by atoms with Crippen molar-refractivity contribution in [1.29, 1.82) is 0 Å². The quantitative estimate of drug-likeness (QED) is 0.729. The number of benzene rings is 2. The van der Waals surface area contributed by atoms with E-state index in [0.717, 1.165) is 24.8 Å². The molecule has 0 N–H and O–H groups in total. The summed E-state index contributed by atoms with van der Waals surface area (Å²) < 4.78 is 27.9. The van der Waals surface area contributed by atoms with Gasteiger partial charge in [-0.15, -0.1) is 0 Å². The number of hydrogen-bond donors (Lipinski definition) is 0. The topological polar surface area (TPSA) is 37.4 Å². The van der Waals surface area contributed by atoms with Crippen molar-refractivity contribution in [2.75, 3.05) is 6.54 Å². The molecular formula is C20H24ClNO2S. The van der Waals surface area contributed by atoms with Crippen LogP contribution in [0.3, 0.4) is 0 Å². The Morgan fingerprint density at radius 3 is 2.32 bits per heavy atom. The van der Waals surface area contributed by atoms with Crippen molar-refractivity contribution in [2.45, 2.75) is 44.0 Å². The van der Waals surface area contributed by atoms with Crippen molar-refractivity contribution in [3.63, 3.8) is 0 Å². The molecule has 1 unspecified atom stereocenters. The van der Waals surface area contributed by atoms with Crippen LogP contribution < -0.4 is 0 Å². The van der Waals surface area contributed by atoms with Gasteiger partial charge in [0.25, 0.3) is 0 Å². The minimum absolute atomic E-state index is 0.113. The highest BCUT2D eigenvalue weighted by atomic mass is 35.5. The first-order valence-electron chi connectivity index (χ1n) is 8.74. The number of sulfonamides is 1. The minimum atomic E-state index is -3.49. The molecule has 1 aliphatic rings. The van der Waals surface area contributed by atoms with Gasteiger partial charge in [-0.2, -0.15) is 4.31 Å². The molecule has 3 rings (SSSR count). The molecule has 0 spiro atoms. The van der Waals surface area contributed by atoms with Gasteiger partial charge in [0.1, 0.15) is 0 Å². The summed E-state index contributed by atoms with van der Waals surface area (Å²) >= 11 is 5.96. The van der Waals surface area contributed by atoms with Crippen LogP contribution in [0.25, 0.3) is 0 Å². The Morgan fingerprint density at radius 1 is 1.08 bits per heavy atom. The lowest BCUT2D eigenvalue weighted by Crippen LogP contribution is -2.30. The Morgan fingerprint density at radius 2 is 1.72 bits per heavy atom. The zero-order valence-corrected chi connectivity index (χ0v) is 16.2. The molecular weight excluding hydrogens is 354 g/mol. The predicted octanol–water partition coefficient (Wildman–Crippen LogP) is 5.06. The van der Waals surface area contributed by atoms with Crippen LogP contribution in [0.15, 0.2) is 53.4 Å². The first kappa shape index (κ1) is 18.4. The molecule has 0 saturated carbocycles. The van der Waals surface area contributed by atoms with Gasteiger partial charge in [0.05, 0.1) is 10.9 Å². The van der Waals surface area contributed by atoms with Gasteiger partial charge < -0.3 is 0 Å². The average molecular weight is 378 g/mol. The van der Waals surface area contributed by atoms with E-state index in [-0.39, 0.29) is 6.04 Å². The first-order valence-corrected chi connectivity index (χ1v) is 10.6. The van der Waals surface area contributed by atoms with Crippen LogP contribution in [-0.2, 0) is 16.4 Å². The van der Waals surface area contributed by atoms with Crippen molar-refractivity contribution in [3.05, 3.63) is 64.7 Å². The summed E-state index contributed by atoms with van der Waals surface area (Å²) in [7, 11) is -3.49. The fourth-order valence-corrected chi connectivity index (χ4v) is 5.26. The lowest BCUT2D eigenvalue weighted by Gasteiger charge is -2.24. The smallest absolute Gasteiger partial charge is 0.207 e. The van der Waals surface area contributed by atoms with E-state index in [0.29, 0.717) is 22.4 Å². The molecule has 2 aromatic carbocycles. The first-order chi connectivity index (χ1) is 11.9. The van der Waals surface area contributed by atoms with Gasteiger partial charge >= 0.3 is 0 Å². The van der Waals surface area contributed by atoms with E-state index < -0.39 is 10.0 Å². The summed E-state index contributed by atoms with van der Waals surface area (Å²) in [6.07, 6.45) is 2.67. The van der Waals surface area contributed by atoms with E-state index in [1.54, 1.807) is 16.4 Å². The third kappa shape index (κ3) is 4.08. The van der Waals surface area contributed by atoms with Crippen LogP contribution in [0.4, 0.5) is 0 Å². The summed E-state index contributed by atoms with van der Waals surface area (Å²) in [5, 5.41) is 0.664. The molecule has 3 nitrogen and oxygen atoms in total. The third-order valence-corrected chi connectivity index (χ3v) is 6.81. The maximum atomic E-state index is 13.1. The molecule has 0 aliphatic carbocycles. The maximum absolute atomic E-state index is 13.1. The standard InChI is InChI=1S/C20H24ClNO2S/c1-15(2)14-16-5-11-19(12-6-16)25(23,24)22-13-3-4-20(22)17-7-9-18(21)10-8-17/h5-12,15,20H,3-4,13-14H2,1-2H3. The number of rotatable bonds is 5. The van der Waals surface area contributed by atoms with Crippen LogP contribution in [0.2, 0.25) is 5.02 Å². The van der Waals surface area contributed by atoms with Gasteiger partial charge in [0.2, 0.25) is 10.0 Å². The summed E-state index contributed by atoms with van der Waals surface area (Å²) in [4.78, 5) is 0.376. The Balaban J connectivity index is 1.86. The van der Waals surface area contributed by atoms with Crippen LogP contribution in [-0.4, -0.2) is 19.3 Å². The van der Waals surface area contributed by atoms with E-state index in [9.17, 15) is 8.42 Å². The van der Waals surface area contributed by atoms with Gasteiger partial charge in [-0.1, -0.05) is 49.7 Å². The lowest BCUT2D eigenvalue weighted by molar-refractivity contribution is 0.396. The summed E-state index contributed by atoms with van der Waals surface area (Å²) in [5.41, 5.74) is 2.17. The highest BCUT2D eigenvalue weighted by molar-refractivity contribution is 7.89. The molecule has 0 bridgehead atoms. The molecule has 25 heavy (non-hydrogen) atoms. The molecule has 1 fully saturated rings. The second-order valence-corrected chi connectivity index (χ2v) is 9.39. The second-order valence-electron chi connectivity index (χ2n) is 7.07. The predicted molar refractivity (Wildman–Crippen MR) is 102 cm³/mol.